The Labute approximate surface area is 125 Å². The van der Waals surface area contributed by atoms with Crippen molar-refractivity contribution in [3.63, 3.8) is 0 Å². The van der Waals surface area contributed by atoms with Crippen molar-refractivity contribution < 1.29 is 26.0 Å². The summed E-state index contributed by atoms with van der Waals surface area (Å²) in [5.41, 5.74) is 0. The van der Waals surface area contributed by atoms with Gasteiger partial charge in [0, 0.05) is 12.6 Å². The Bertz CT molecular complexity index is 595. The van der Waals surface area contributed by atoms with E-state index in [1.165, 1.54) is 0 Å². The number of nitrogens with one attached hydrogen (secondary N) is 2. The lowest BCUT2D eigenvalue weighted by molar-refractivity contribution is 0.417. The van der Waals surface area contributed by atoms with Crippen molar-refractivity contribution in [1.29, 1.82) is 0 Å². The van der Waals surface area contributed by atoms with Crippen LogP contribution in [0.3, 0.4) is 0 Å². The summed E-state index contributed by atoms with van der Waals surface area (Å²) < 4.78 is 78.4. The van der Waals surface area contributed by atoms with Crippen LogP contribution in [0.2, 0.25) is 0 Å². The summed E-state index contributed by atoms with van der Waals surface area (Å²) in [5.74, 6) is -7.41. The molecule has 2 rings (SSSR count). The molecule has 0 aliphatic carbocycles. The summed E-state index contributed by atoms with van der Waals surface area (Å²) in [6, 6.07) is -0.0371. The lowest BCUT2D eigenvalue weighted by atomic mass is 10.1. The molecule has 1 aromatic rings. The van der Waals surface area contributed by atoms with Crippen LogP contribution in [-0.4, -0.2) is 28.1 Å². The number of halogens is 5. The van der Waals surface area contributed by atoms with Crippen LogP contribution in [0.4, 0.5) is 17.6 Å². The maximum atomic E-state index is 13.4. The summed E-state index contributed by atoms with van der Waals surface area (Å²) >= 11 is 0. The van der Waals surface area contributed by atoms with E-state index in [2.05, 4.69) is 5.32 Å². The fourth-order valence-corrected chi connectivity index (χ4v) is 3.24. The SMILES string of the molecule is Cl.O=S(=O)(NCC1CCNC1)c1c(F)c(F)cc(F)c1F. The second-order valence-electron chi connectivity index (χ2n) is 4.51. The molecule has 0 spiro atoms. The maximum Gasteiger partial charge on any atom is 0.246 e. The van der Waals surface area contributed by atoms with Crippen LogP contribution in [0.15, 0.2) is 11.0 Å². The molecule has 1 heterocycles. The number of hydrogen-bond donors (Lipinski definition) is 2. The molecule has 10 heteroatoms. The molecule has 2 N–H and O–H groups in total. The molecule has 1 aliphatic heterocycles. The Morgan fingerprint density at radius 1 is 1.19 bits per heavy atom. The van der Waals surface area contributed by atoms with Crippen LogP contribution in [-0.2, 0) is 10.0 Å². The van der Waals surface area contributed by atoms with E-state index in [9.17, 15) is 26.0 Å². The molecular formula is C11H13ClF4N2O2S. The highest BCUT2D eigenvalue weighted by Crippen LogP contribution is 2.23. The van der Waals surface area contributed by atoms with Gasteiger partial charge < -0.3 is 5.32 Å². The minimum atomic E-state index is -4.66. The van der Waals surface area contributed by atoms with Crippen LogP contribution in [0.1, 0.15) is 6.42 Å². The van der Waals surface area contributed by atoms with Gasteiger partial charge in [0.25, 0.3) is 0 Å². The van der Waals surface area contributed by atoms with Crippen molar-refractivity contribution >= 4 is 22.4 Å². The first kappa shape index (κ1) is 18.1. The van der Waals surface area contributed by atoms with Crippen molar-refractivity contribution in [2.75, 3.05) is 19.6 Å². The monoisotopic (exact) mass is 348 g/mol. The summed E-state index contributed by atoms with van der Waals surface area (Å²) in [5, 5.41) is 2.99. The third-order valence-electron chi connectivity index (χ3n) is 3.06. The molecule has 120 valence electrons. The Morgan fingerprint density at radius 3 is 2.24 bits per heavy atom. The van der Waals surface area contributed by atoms with E-state index >= 15 is 0 Å². The van der Waals surface area contributed by atoms with Gasteiger partial charge in [-0.05, 0) is 25.4 Å². The Kier molecular flexibility index (Phi) is 5.97. The predicted molar refractivity (Wildman–Crippen MR) is 69.7 cm³/mol. The van der Waals surface area contributed by atoms with E-state index in [0.29, 0.717) is 19.5 Å². The largest absolute Gasteiger partial charge is 0.316 e. The van der Waals surface area contributed by atoms with Gasteiger partial charge in [-0.25, -0.2) is 30.7 Å². The first-order valence-electron chi connectivity index (χ1n) is 5.86. The summed E-state index contributed by atoms with van der Waals surface area (Å²) in [4.78, 5) is -1.62. The first-order valence-corrected chi connectivity index (χ1v) is 7.34. The highest BCUT2D eigenvalue weighted by Gasteiger charge is 2.30. The number of rotatable bonds is 4. The van der Waals surface area contributed by atoms with E-state index < -0.39 is 38.2 Å². The lowest BCUT2D eigenvalue weighted by Crippen LogP contribution is -2.32. The number of benzene rings is 1. The minimum absolute atomic E-state index is 0. The molecule has 1 unspecified atom stereocenters. The van der Waals surface area contributed by atoms with Gasteiger partial charge in [-0.3, -0.25) is 0 Å². The minimum Gasteiger partial charge on any atom is -0.316 e. The second kappa shape index (κ2) is 6.91. The molecule has 1 saturated heterocycles. The van der Waals surface area contributed by atoms with Gasteiger partial charge in [0.05, 0.1) is 0 Å². The summed E-state index contributed by atoms with van der Waals surface area (Å²) in [6.45, 7) is 1.21. The standard InChI is InChI=1S/C11H12F4N2O2S.ClH/c12-7-3-8(13)10(15)11(9(7)14)20(18,19)17-5-6-1-2-16-4-6;/h3,6,16-17H,1-2,4-5H2;1H. The van der Waals surface area contributed by atoms with E-state index in [0.717, 1.165) is 0 Å². The molecule has 0 saturated carbocycles. The molecule has 1 aromatic carbocycles. The van der Waals surface area contributed by atoms with Crippen molar-refractivity contribution in [3.05, 3.63) is 29.3 Å². The summed E-state index contributed by atoms with van der Waals surface area (Å²) in [7, 11) is -4.66. The van der Waals surface area contributed by atoms with E-state index in [-0.39, 0.29) is 30.9 Å². The molecule has 1 atom stereocenters. The van der Waals surface area contributed by atoms with Gasteiger partial charge in [0.1, 0.15) is 0 Å². The van der Waals surface area contributed by atoms with Crippen LogP contribution in [0.5, 0.6) is 0 Å². The molecule has 0 amide bonds. The quantitative estimate of drug-likeness (QED) is 0.641. The first-order chi connectivity index (χ1) is 9.33. The topological polar surface area (TPSA) is 58.2 Å². The average molecular weight is 349 g/mol. The van der Waals surface area contributed by atoms with Crippen molar-refractivity contribution in [1.82, 2.24) is 10.0 Å². The molecule has 0 bridgehead atoms. The van der Waals surface area contributed by atoms with Gasteiger partial charge in [-0.15, -0.1) is 12.4 Å². The highest BCUT2D eigenvalue weighted by atomic mass is 35.5. The number of hydrogen-bond acceptors (Lipinski definition) is 3. The van der Waals surface area contributed by atoms with Crippen LogP contribution >= 0.6 is 12.4 Å². The van der Waals surface area contributed by atoms with Crippen molar-refractivity contribution in [2.24, 2.45) is 5.92 Å². The summed E-state index contributed by atoms with van der Waals surface area (Å²) in [6.07, 6.45) is 0.699. The van der Waals surface area contributed by atoms with Crippen LogP contribution in [0.25, 0.3) is 0 Å². The smallest absolute Gasteiger partial charge is 0.246 e. The van der Waals surface area contributed by atoms with Crippen LogP contribution < -0.4 is 10.0 Å². The zero-order valence-corrected chi connectivity index (χ0v) is 12.3. The van der Waals surface area contributed by atoms with Gasteiger partial charge >= 0.3 is 0 Å². The molecule has 0 aromatic heterocycles. The van der Waals surface area contributed by atoms with Gasteiger partial charge in [0.2, 0.25) is 10.0 Å². The normalized spacial score (nSPS) is 18.6. The third kappa shape index (κ3) is 3.85. The Morgan fingerprint density at radius 2 is 1.76 bits per heavy atom. The fraction of sp³-hybridized carbons (Fsp3) is 0.455. The van der Waals surface area contributed by atoms with Crippen molar-refractivity contribution in [3.8, 4) is 0 Å². The van der Waals surface area contributed by atoms with E-state index in [1.54, 1.807) is 0 Å². The predicted octanol–water partition coefficient (Wildman–Crippen LogP) is 1.55. The fourth-order valence-electron chi connectivity index (χ4n) is 1.98. The average Bonchev–Trinajstić information content (AvgIpc) is 2.87. The van der Waals surface area contributed by atoms with E-state index in [4.69, 9.17) is 0 Å². The molecular weight excluding hydrogens is 336 g/mol. The van der Waals surface area contributed by atoms with Crippen LogP contribution in [0, 0.1) is 29.2 Å². The molecule has 1 fully saturated rings. The molecule has 21 heavy (non-hydrogen) atoms. The van der Waals surface area contributed by atoms with Gasteiger partial charge in [-0.2, -0.15) is 0 Å². The van der Waals surface area contributed by atoms with Gasteiger partial charge in [0.15, 0.2) is 28.2 Å². The van der Waals surface area contributed by atoms with Crippen molar-refractivity contribution in [2.45, 2.75) is 11.3 Å². The molecule has 1 aliphatic rings. The maximum absolute atomic E-state index is 13.4. The zero-order chi connectivity index (χ0) is 14.9. The number of sulfonamides is 1. The second-order valence-corrected chi connectivity index (χ2v) is 6.21. The molecule has 0 radical (unpaired) electrons. The highest BCUT2D eigenvalue weighted by molar-refractivity contribution is 7.89. The zero-order valence-electron chi connectivity index (χ0n) is 10.6. The van der Waals surface area contributed by atoms with Gasteiger partial charge in [-0.1, -0.05) is 0 Å². The van der Waals surface area contributed by atoms with E-state index in [1.807, 2.05) is 4.72 Å². The lowest BCUT2D eigenvalue weighted by Gasteiger charge is -2.12. The Balaban J connectivity index is 0.00000220. The molecule has 4 nitrogen and oxygen atoms in total. The third-order valence-corrected chi connectivity index (χ3v) is 4.51. The Hall–Kier alpha value is -0.900.